The predicted molar refractivity (Wildman–Crippen MR) is 119 cm³/mol. The SMILES string of the molecule is CCOC(=O)c1cc(C)sc1NC(=O)CN1CCN(c2ccc(Cl)c(Cl)c2)CC1. The third kappa shape index (κ3) is 5.63. The smallest absolute Gasteiger partial charge is 0.341 e. The van der Waals surface area contributed by atoms with Crippen molar-refractivity contribution in [1.29, 1.82) is 0 Å². The Kier molecular flexibility index (Phi) is 7.40. The van der Waals surface area contributed by atoms with Gasteiger partial charge in [-0.15, -0.1) is 11.3 Å². The molecule has 1 amide bonds. The van der Waals surface area contributed by atoms with Gasteiger partial charge in [0.25, 0.3) is 0 Å². The van der Waals surface area contributed by atoms with Gasteiger partial charge in [-0.2, -0.15) is 0 Å². The summed E-state index contributed by atoms with van der Waals surface area (Å²) in [6, 6.07) is 7.35. The van der Waals surface area contributed by atoms with Crippen LogP contribution in [0.2, 0.25) is 10.0 Å². The number of anilines is 2. The van der Waals surface area contributed by atoms with Crippen LogP contribution in [0.25, 0.3) is 0 Å². The molecule has 1 aromatic heterocycles. The molecule has 3 rings (SSSR count). The molecule has 0 saturated carbocycles. The normalized spacial score (nSPS) is 14.7. The van der Waals surface area contributed by atoms with Crippen molar-refractivity contribution in [3.05, 3.63) is 44.8 Å². The molecule has 0 unspecified atom stereocenters. The largest absolute Gasteiger partial charge is 0.462 e. The van der Waals surface area contributed by atoms with Gasteiger partial charge in [-0.05, 0) is 38.1 Å². The molecule has 9 heteroatoms. The maximum Gasteiger partial charge on any atom is 0.341 e. The first-order valence-corrected chi connectivity index (χ1v) is 10.9. The number of halogens is 2. The molecule has 1 fully saturated rings. The standard InChI is InChI=1S/C20H23Cl2N3O3S/c1-3-28-20(27)15-10-13(2)29-19(15)23-18(26)12-24-6-8-25(9-7-24)14-4-5-16(21)17(22)11-14/h4-5,10-11H,3,6-9,12H2,1-2H3,(H,23,26). The fourth-order valence-corrected chi connectivity index (χ4v) is 4.39. The summed E-state index contributed by atoms with van der Waals surface area (Å²) in [6.07, 6.45) is 0. The van der Waals surface area contributed by atoms with E-state index >= 15 is 0 Å². The van der Waals surface area contributed by atoms with Crippen molar-refractivity contribution in [3.8, 4) is 0 Å². The number of hydrogen-bond acceptors (Lipinski definition) is 6. The molecule has 0 bridgehead atoms. The number of piperazine rings is 1. The Bertz CT molecular complexity index is 895. The van der Waals surface area contributed by atoms with Gasteiger partial charge in [0, 0.05) is 36.7 Å². The zero-order valence-corrected chi connectivity index (χ0v) is 18.7. The maximum atomic E-state index is 12.5. The number of hydrogen-bond donors (Lipinski definition) is 1. The van der Waals surface area contributed by atoms with Crippen LogP contribution in [-0.4, -0.2) is 56.1 Å². The Morgan fingerprint density at radius 2 is 1.86 bits per heavy atom. The highest BCUT2D eigenvalue weighted by atomic mass is 35.5. The minimum atomic E-state index is -0.414. The summed E-state index contributed by atoms with van der Waals surface area (Å²) in [7, 11) is 0. The second-order valence-corrected chi connectivity index (χ2v) is 8.80. The van der Waals surface area contributed by atoms with E-state index in [0.29, 0.717) is 27.2 Å². The van der Waals surface area contributed by atoms with Crippen LogP contribution < -0.4 is 10.2 Å². The van der Waals surface area contributed by atoms with Crippen molar-refractivity contribution in [2.75, 3.05) is 49.5 Å². The molecular weight excluding hydrogens is 433 g/mol. The number of carbonyl (C=O) groups excluding carboxylic acids is 2. The first-order chi connectivity index (χ1) is 13.9. The lowest BCUT2D eigenvalue weighted by atomic mass is 10.2. The average molecular weight is 456 g/mol. The fourth-order valence-electron chi connectivity index (χ4n) is 3.18. The molecule has 1 aliphatic rings. The van der Waals surface area contributed by atoms with Crippen molar-refractivity contribution in [3.63, 3.8) is 0 Å². The van der Waals surface area contributed by atoms with Crippen molar-refractivity contribution in [2.24, 2.45) is 0 Å². The second kappa shape index (κ2) is 9.80. The van der Waals surface area contributed by atoms with Crippen LogP contribution in [0.1, 0.15) is 22.2 Å². The highest BCUT2D eigenvalue weighted by Gasteiger charge is 2.22. The first kappa shape index (κ1) is 21.9. The molecular formula is C20H23Cl2N3O3S. The van der Waals surface area contributed by atoms with Crippen LogP contribution in [-0.2, 0) is 9.53 Å². The van der Waals surface area contributed by atoms with Crippen LogP contribution in [0.4, 0.5) is 10.7 Å². The first-order valence-electron chi connectivity index (χ1n) is 9.37. The highest BCUT2D eigenvalue weighted by molar-refractivity contribution is 7.16. The summed E-state index contributed by atoms with van der Waals surface area (Å²) in [5, 5.41) is 4.48. The molecule has 2 heterocycles. The highest BCUT2D eigenvalue weighted by Crippen LogP contribution is 2.29. The van der Waals surface area contributed by atoms with Gasteiger partial charge in [0.15, 0.2) is 0 Å². The monoisotopic (exact) mass is 455 g/mol. The number of nitrogens with one attached hydrogen (secondary N) is 1. The molecule has 1 N–H and O–H groups in total. The van der Waals surface area contributed by atoms with Gasteiger partial charge in [-0.1, -0.05) is 23.2 Å². The lowest BCUT2D eigenvalue weighted by Crippen LogP contribution is -2.48. The van der Waals surface area contributed by atoms with Crippen LogP contribution in [0.3, 0.4) is 0 Å². The van der Waals surface area contributed by atoms with Crippen molar-refractivity contribution >= 4 is 57.1 Å². The van der Waals surface area contributed by atoms with Crippen molar-refractivity contribution in [2.45, 2.75) is 13.8 Å². The Labute approximate surface area is 184 Å². The maximum absolute atomic E-state index is 12.5. The Hall–Kier alpha value is -1.80. The number of ether oxygens (including phenoxy) is 1. The van der Waals surface area contributed by atoms with Crippen LogP contribution in [0.15, 0.2) is 24.3 Å². The van der Waals surface area contributed by atoms with Crippen molar-refractivity contribution in [1.82, 2.24) is 4.90 Å². The third-order valence-electron chi connectivity index (χ3n) is 4.61. The number of carbonyl (C=O) groups is 2. The van der Waals surface area contributed by atoms with E-state index in [1.54, 1.807) is 19.1 Å². The van der Waals surface area contributed by atoms with E-state index in [1.807, 2.05) is 19.1 Å². The number of benzene rings is 1. The zero-order valence-electron chi connectivity index (χ0n) is 16.3. The van der Waals surface area contributed by atoms with E-state index < -0.39 is 5.97 Å². The molecule has 1 saturated heterocycles. The molecule has 0 spiro atoms. The van der Waals surface area contributed by atoms with Crippen LogP contribution in [0.5, 0.6) is 0 Å². The van der Waals surface area contributed by atoms with E-state index in [0.717, 1.165) is 36.7 Å². The molecule has 2 aromatic rings. The third-order valence-corrected chi connectivity index (χ3v) is 6.32. The summed E-state index contributed by atoms with van der Waals surface area (Å²) < 4.78 is 5.07. The Morgan fingerprint density at radius 1 is 1.14 bits per heavy atom. The van der Waals surface area contributed by atoms with Gasteiger partial charge in [0.1, 0.15) is 5.00 Å². The van der Waals surface area contributed by atoms with Crippen LogP contribution in [0, 0.1) is 6.92 Å². The lowest BCUT2D eigenvalue weighted by molar-refractivity contribution is -0.117. The van der Waals surface area contributed by atoms with Gasteiger partial charge in [0.2, 0.25) is 5.91 Å². The van der Waals surface area contributed by atoms with E-state index in [9.17, 15) is 9.59 Å². The lowest BCUT2D eigenvalue weighted by Gasteiger charge is -2.35. The molecule has 156 valence electrons. The molecule has 0 radical (unpaired) electrons. The van der Waals surface area contributed by atoms with Crippen LogP contribution >= 0.6 is 34.5 Å². The number of amides is 1. The second-order valence-electron chi connectivity index (χ2n) is 6.73. The fraction of sp³-hybridized carbons (Fsp3) is 0.400. The Balaban J connectivity index is 1.54. The van der Waals surface area contributed by atoms with Gasteiger partial charge < -0.3 is 15.0 Å². The summed E-state index contributed by atoms with van der Waals surface area (Å²) in [5.74, 6) is -0.553. The predicted octanol–water partition coefficient (Wildman–Crippen LogP) is 4.30. The summed E-state index contributed by atoms with van der Waals surface area (Å²) in [5.41, 5.74) is 1.43. The zero-order chi connectivity index (χ0) is 21.0. The average Bonchev–Trinajstić information content (AvgIpc) is 3.05. The van der Waals surface area contributed by atoms with E-state index in [1.165, 1.54) is 11.3 Å². The number of esters is 1. The number of nitrogens with zero attached hydrogens (tertiary/aromatic N) is 2. The molecule has 0 aliphatic carbocycles. The quantitative estimate of drug-likeness (QED) is 0.657. The van der Waals surface area contributed by atoms with E-state index in [4.69, 9.17) is 27.9 Å². The number of thiophene rings is 1. The summed E-state index contributed by atoms with van der Waals surface area (Å²) >= 11 is 13.5. The molecule has 1 aliphatic heterocycles. The number of rotatable bonds is 6. The summed E-state index contributed by atoms with van der Waals surface area (Å²) in [6.45, 7) is 7.30. The summed E-state index contributed by atoms with van der Waals surface area (Å²) in [4.78, 5) is 29.8. The van der Waals surface area contributed by atoms with Gasteiger partial charge in [-0.3, -0.25) is 9.69 Å². The molecule has 29 heavy (non-hydrogen) atoms. The minimum absolute atomic E-state index is 0.139. The topological polar surface area (TPSA) is 61.9 Å². The molecule has 1 aromatic carbocycles. The van der Waals surface area contributed by atoms with Crippen molar-refractivity contribution < 1.29 is 14.3 Å². The minimum Gasteiger partial charge on any atom is -0.462 e. The van der Waals surface area contributed by atoms with E-state index in [2.05, 4.69) is 15.1 Å². The van der Waals surface area contributed by atoms with Gasteiger partial charge in [0.05, 0.1) is 28.8 Å². The Morgan fingerprint density at radius 3 is 2.52 bits per heavy atom. The number of aryl methyl sites for hydroxylation is 1. The molecule has 6 nitrogen and oxygen atoms in total. The van der Waals surface area contributed by atoms with E-state index in [-0.39, 0.29) is 12.5 Å². The van der Waals surface area contributed by atoms with Gasteiger partial charge >= 0.3 is 5.97 Å². The molecule has 0 atom stereocenters. The van der Waals surface area contributed by atoms with Gasteiger partial charge in [-0.25, -0.2) is 4.79 Å².